The van der Waals surface area contributed by atoms with Gasteiger partial charge in [-0.2, -0.15) is 0 Å². The maximum Gasteiger partial charge on any atom is 0.308 e. The van der Waals surface area contributed by atoms with E-state index in [4.69, 9.17) is 14.2 Å². The van der Waals surface area contributed by atoms with Crippen LogP contribution in [-0.4, -0.2) is 49.7 Å². The van der Waals surface area contributed by atoms with E-state index in [2.05, 4.69) is 4.98 Å². The molecule has 0 radical (unpaired) electrons. The van der Waals surface area contributed by atoms with Crippen molar-refractivity contribution in [2.45, 2.75) is 55.9 Å². The monoisotopic (exact) mass is 413 g/mol. The predicted molar refractivity (Wildman–Crippen MR) is 101 cm³/mol. The number of benzene rings is 1. The van der Waals surface area contributed by atoms with Gasteiger partial charge in [0, 0.05) is 6.42 Å². The fourth-order valence-electron chi connectivity index (χ4n) is 3.15. The Labute approximate surface area is 162 Å². The van der Waals surface area contributed by atoms with Gasteiger partial charge in [0.2, 0.25) is 14.2 Å². The fourth-order valence-corrected chi connectivity index (χ4v) is 5.90. The predicted octanol–water partition coefficient (Wildman–Crippen LogP) is 2.93. The highest BCUT2D eigenvalue weighted by atomic mass is 32.2. The van der Waals surface area contributed by atoms with Gasteiger partial charge in [0.25, 0.3) is 0 Å². The minimum absolute atomic E-state index is 0.0678. The summed E-state index contributed by atoms with van der Waals surface area (Å²) < 4.78 is 43.1. The summed E-state index contributed by atoms with van der Waals surface area (Å²) in [5.41, 5.74) is 0.662. The summed E-state index contributed by atoms with van der Waals surface area (Å²) in [6.07, 6.45) is -0.682. The molecule has 1 aliphatic rings. The second-order valence-electron chi connectivity index (χ2n) is 6.85. The summed E-state index contributed by atoms with van der Waals surface area (Å²) in [5, 5.41) is 0. The van der Waals surface area contributed by atoms with Crippen molar-refractivity contribution >= 4 is 37.4 Å². The van der Waals surface area contributed by atoms with Gasteiger partial charge >= 0.3 is 5.97 Å². The fraction of sp³-hybridized carbons (Fsp3) is 0.556. The molecule has 1 aromatic heterocycles. The molecule has 27 heavy (non-hydrogen) atoms. The molecule has 1 aromatic carbocycles. The zero-order valence-electron chi connectivity index (χ0n) is 15.5. The van der Waals surface area contributed by atoms with E-state index < -0.39 is 27.8 Å². The molecule has 3 rings (SSSR count). The van der Waals surface area contributed by atoms with E-state index in [1.165, 1.54) is 0 Å². The first kappa shape index (κ1) is 20.2. The van der Waals surface area contributed by atoms with Crippen LogP contribution in [0.1, 0.15) is 33.6 Å². The lowest BCUT2D eigenvalue weighted by Gasteiger charge is -2.40. The lowest BCUT2D eigenvalue weighted by molar-refractivity contribution is -0.295. The van der Waals surface area contributed by atoms with Crippen LogP contribution in [-0.2, 0) is 28.8 Å². The molecule has 0 bridgehead atoms. The first-order valence-corrected chi connectivity index (χ1v) is 11.2. The number of ether oxygens (including phenoxy) is 3. The third kappa shape index (κ3) is 5.04. The Bertz CT molecular complexity index is 888. The van der Waals surface area contributed by atoms with E-state index in [9.17, 15) is 13.2 Å². The van der Waals surface area contributed by atoms with Crippen LogP contribution in [0.2, 0.25) is 0 Å². The number of para-hydroxylation sites is 1. The van der Waals surface area contributed by atoms with Crippen LogP contribution in [0.25, 0.3) is 10.2 Å². The quantitative estimate of drug-likeness (QED) is 0.672. The van der Waals surface area contributed by atoms with Gasteiger partial charge in [-0.1, -0.05) is 12.1 Å². The zero-order chi connectivity index (χ0) is 19.7. The van der Waals surface area contributed by atoms with Gasteiger partial charge in [0.1, 0.15) is 0 Å². The van der Waals surface area contributed by atoms with Crippen molar-refractivity contribution in [2.75, 3.05) is 12.4 Å². The van der Waals surface area contributed by atoms with Crippen LogP contribution in [0.4, 0.5) is 0 Å². The zero-order valence-corrected chi connectivity index (χ0v) is 17.1. The molecule has 0 amide bonds. The lowest BCUT2D eigenvalue weighted by Crippen LogP contribution is -2.47. The molecule has 0 aliphatic carbocycles. The average molecular weight is 414 g/mol. The molecular weight excluding hydrogens is 390 g/mol. The molecule has 0 N–H and O–H groups in total. The Hall–Kier alpha value is -1.55. The highest BCUT2D eigenvalue weighted by Crippen LogP contribution is 2.32. The van der Waals surface area contributed by atoms with Gasteiger partial charge in [-0.05, 0) is 32.9 Å². The van der Waals surface area contributed by atoms with E-state index >= 15 is 0 Å². The van der Waals surface area contributed by atoms with Crippen LogP contribution in [0.5, 0.6) is 0 Å². The standard InChI is InChI=1S/C18H23NO6S2/c1-4-23-16(20)10-12-9-13(25-18(2,3)24-12)11-27(21,22)17-19-14-7-5-6-8-15(14)26-17/h5-8,12-13H,4,9-11H2,1-3H3/t12-,13+/m1/s1. The molecule has 2 aromatic rings. The molecular formula is C18H23NO6S2. The van der Waals surface area contributed by atoms with Crippen molar-refractivity contribution in [1.29, 1.82) is 0 Å². The first-order chi connectivity index (χ1) is 12.7. The van der Waals surface area contributed by atoms with Crippen LogP contribution in [0, 0.1) is 0 Å². The number of carbonyl (C=O) groups excluding carboxylic acids is 1. The summed E-state index contributed by atoms with van der Waals surface area (Å²) >= 11 is 1.15. The highest BCUT2D eigenvalue weighted by molar-refractivity contribution is 7.93. The van der Waals surface area contributed by atoms with E-state index in [1.54, 1.807) is 26.8 Å². The average Bonchev–Trinajstić information content (AvgIpc) is 2.98. The first-order valence-electron chi connectivity index (χ1n) is 8.78. The Balaban J connectivity index is 1.75. The van der Waals surface area contributed by atoms with Crippen molar-refractivity contribution in [3.05, 3.63) is 24.3 Å². The molecule has 2 atom stereocenters. The van der Waals surface area contributed by atoms with E-state index in [0.717, 1.165) is 16.0 Å². The Morgan fingerprint density at radius 3 is 2.70 bits per heavy atom. The van der Waals surface area contributed by atoms with Crippen LogP contribution >= 0.6 is 11.3 Å². The lowest BCUT2D eigenvalue weighted by atomic mass is 10.1. The number of carbonyl (C=O) groups is 1. The van der Waals surface area contributed by atoms with Gasteiger partial charge in [-0.3, -0.25) is 4.79 Å². The third-order valence-corrected chi connectivity index (χ3v) is 7.35. The van der Waals surface area contributed by atoms with Gasteiger partial charge in [-0.15, -0.1) is 11.3 Å². The molecule has 0 saturated carbocycles. The normalized spacial score (nSPS) is 22.6. The number of sulfone groups is 1. The molecule has 1 aliphatic heterocycles. The molecule has 2 heterocycles. The molecule has 0 spiro atoms. The van der Waals surface area contributed by atoms with Crippen molar-refractivity contribution in [3.8, 4) is 0 Å². The molecule has 1 saturated heterocycles. The molecule has 148 valence electrons. The Morgan fingerprint density at radius 2 is 2.00 bits per heavy atom. The van der Waals surface area contributed by atoms with Gasteiger partial charge in [-0.25, -0.2) is 13.4 Å². The summed E-state index contributed by atoms with van der Waals surface area (Å²) in [7, 11) is -3.62. The Morgan fingerprint density at radius 1 is 1.30 bits per heavy atom. The number of fused-ring (bicyclic) bond motifs is 1. The van der Waals surface area contributed by atoms with Crippen molar-refractivity contribution in [2.24, 2.45) is 0 Å². The minimum atomic E-state index is -3.62. The summed E-state index contributed by atoms with van der Waals surface area (Å²) in [6.45, 7) is 5.45. The van der Waals surface area contributed by atoms with Crippen molar-refractivity contribution in [3.63, 3.8) is 0 Å². The van der Waals surface area contributed by atoms with Crippen molar-refractivity contribution in [1.82, 2.24) is 4.98 Å². The van der Waals surface area contributed by atoms with Gasteiger partial charge < -0.3 is 14.2 Å². The molecule has 0 unspecified atom stereocenters. The smallest absolute Gasteiger partial charge is 0.308 e. The number of rotatable bonds is 6. The SMILES string of the molecule is CCOC(=O)C[C@H]1C[C@@H](CS(=O)(=O)c2nc3ccccc3s2)OC(C)(C)O1. The third-order valence-electron chi connectivity index (χ3n) is 4.07. The van der Waals surface area contributed by atoms with Gasteiger partial charge in [0.05, 0.1) is 41.2 Å². The van der Waals surface area contributed by atoms with E-state index in [0.29, 0.717) is 18.5 Å². The van der Waals surface area contributed by atoms with Gasteiger partial charge in [0.15, 0.2) is 5.79 Å². The number of thiazole rings is 1. The molecule has 1 fully saturated rings. The summed E-state index contributed by atoms with van der Waals surface area (Å²) in [5.74, 6) is -1.56. The molecule has 7 nitrogen and oxygen atoms in total. The minimum Gasteiger partial charge on any atom is -0.466 e. The van der Waals surface area contributed by atoms with E-state index in [1.807, 2.05) is 18.2 Å². The van der Waals surface area contributed by atoms with Crippen LogP contribution < -0.4 is 0 Å². The second-order valence-corrected chi connectivity index (χ2v) is 10.1. The maximum atomic E-state index is 12.8. The number of hydrogen-bond donors (Lipinski definition) is 0. The highest BCUT2D eigenvalue weighted by Gasteiger charge is 2.39. The second kappa shape index (κ2) is 7.83. The maximum absolute atomic E-state index is 12.8. The van der Waals surface area contributed by atoms with E-state index in [-0.39, 0.29) is 22.5 Å². The number of aromatic nitrogens is 1. The number of hydrogen-bond acceptors (Lipinski definition) is 8. The largest absolute Gasteiger partial charge is 0.466 e. The summed E-state index contributed by atoms with van der Waals surface area (Å²) in [4.78, 5) is 16.0. The number of nitrogens with zero attached hydrogens (tertiary/aromatic N) is 1. The summed E-state index contributed by atoms with van der Waals surface area (Å²) in [6, 6.07) is 7.30. The van der Waals surface area contributed by atoms with Crippen LogP contribution in [0.15, 0.2) is 28.6 Å². The Kier molecular flexibility index (Phi) is 5.85. The van der Waals surface area contributed by atoms with Crippen molar-refractivity contribution < 1.29 is 27.4 Å². The molecule has 9 heteroatoms. The van der Waals surface area contributed by atoms with Crippen LogP contribution in [0.3, 0.4) is 0 Å². The topological polar surface area (TPSA) is 91.8 Å². The number of esters is 1.